The molecule has 5 rings (SSSR count). The number of rotatable bonds is 5. The average Bonchev–Trinajstić information content (AvgIpc) is 3.41. The van der Waals surface area contributed by atoms with Gasteiger partial charge in [0.05, 0.1) is 13.5 Å². The molecule has 1 aromatic heterocycles. The molecule has 0 saturated carbocycles. The Morgan fingerprint density at radius 1 is 1.06 bits per heavy atom. The van der Waals surface area contributed by atoms with E-state index in [0.29, 0.717) is 17.8 Å². The van der Waals surface area contributed by atoms with Crippen molar-refractivity contribution in [1.82, 2.24) is 4.98 Å². The Bertz CT molecular complexity index is 1360. The number of aromatic amines is 1. The van der Waals surface area contributed by atoms with Gasteiger partial charge in [-0.15, -0.1) is 0 Å². The van der Waals surface area contributed by atoms with Crippen LogP contribution in [0.4, 0.5) is 11.4 Å². The van der Waals surface area contributed by atoms with Gasteiger partial charge in [0, 0.05) is 28.8 Å². The first-order chi connectivity index (χ1) is 16.0. The highest BCUT2D eigenvalue weighted by Gasteiger charge is 2.24. The molecule has 0 atom stereocenters. The van der Waals surface area contributed by atoms with Crippen molar-refractivity contribution in [1.29, 1.82) is 0 Å². The number of nitrogens with one attached hydrogen (secondary N) is 2. The van der Waals surface area contributed by atoms with Gasteiger partial charge >= 0.3 is 0 Å². The molecule has 33 heavy (non-hydrogen) atoms. The summed E-state index contributed by atoms with van der Waals surface area (Å²) in [5, 5.41) is 3.90. The number of fused-ring (bicyclic) bond motifs is 2. The van der Waals surface area contributed by atoms with Crippen molar-refractivity contribution in [3.05, 3.63) is 89.1 Å². The molecule has 3 aromatic carbocycles. The molecule has 2 amide bonds. The fraction of sp³-hybridized carbons (Fsp3) is 0.185. The van der Waals surface area contributed by atoms with Crippen LogP contribution < -0.4 is 15.0 Å². The number of benzene rings is 3. The Kier molecular flexibility index (Phi) is 5.34. The largest absolute Gasteiger partial charge is 0.497 e. The smallest absolute Gasteiger partial charge is 0.272 e. The van der Waals surface area contributed by atoms with Crippen molar-refractivity contribution < 1.29 is 14.3 Å². The number of amides is 2. The topological polar surface area (TPSA) is 74.4 Å². The molecular weight excluding hydrogens is 414 g/mol. The molecule has 166 valence electrons. The molecule has 0 fully saturated rings. The van der Waals surface area contributed by atoms with Crippen molar-refractivity contribution in [2.75, 3.05) is 23.9 Å². The van der Waals surface area contributed by atoms with Gasteiger partial charge in [-0.3, -0.25) is 9.59 Å². The monoisotopic (exact) mass is 439 g/mol. The van der Waals surface area contributed by atoms with E-state index in [-0.39, 0.29) is 11.8 Å². The van der Waals surface area contributed by atoms with Crippen molar-refractivity contribution in [2.24, 2.45) is 0 Å². The zero-order valence-corrected chi connectivity index (χ0v) is 18.6. The molecule has 0 radical (unpaired) electrons. The van der Waals surface area contributed by atoms with Crippen LogP contribution in [0.3, 0.4) is 0 Å². The molecule has 0 spiro atoms. The molecular formula is C27H25N3O3. The zero-order valence-electron chi connectivity index (χ0n) is 18.6. The fourth-order valence-corrected chi connectivity index (χ4v) is 4.43. The van der Waals surface area contributed by atoms with Crippen LogP contribution in [0.25, 0.3) is 10.9 Å². The Hall–Kier alpha value is -4.06. The highest BCUT2D eigenvalue weighted by atomic mass is 16.5. The van der Waals surface area contributed by atoms with E-state index in [1.54, 1.807) is 7.11 Å². The van der Waals surface area contributed by atoms with Crippen LogP contribution in [0.15, 0.2) is 66.7 Å². The quantitative estimate of drug-likeness (QED) is 0.466. The molecule has 0 unspecified atom stereocenters. The average molecular weight is 440 g/mol. The number of ether oxygens (including phenoxy) is 1. The van der Waals surface area contributed by atoms with Gasteiger partial charge in [0.15, 0.2) is 0 Å². The van der Waals surface area contributed by atoms with Gasteiger partial charge < -0.3 is 19.9 Å². The Morgan fingerprint density at radius 2 is 1.85 bits per heavy atom. The van der Waals surface area contributed by atoms with E-state index in [1.165, 1.54) is 5.56 Å². The third-order valence-electron chi connectivity index (χ3n) is 6.25. The molecule has 6 heteroatoms. The molecule has 6 nitrogen and oxygen atoms in total. The number of anilines is 2. The van der Waals surface area contributed by atoms with Crippen LogP contribution >= 0.6 is 0 Å². The Balaban J connectivity index is 1.27. The summed E-state index contributed by atoms with van der Waals surface area (Å²) in [7, 11) is 1.62. The zero-order chi connectivity index (χ0) is 22.9. The highest BCUT2D eigenvalue weighted by Crippen LogP contribution is 2.29. The second-order valence-electron chi connectivity index (χ2n) is 8.29. The minimum absolute atomic E-state index is 0.0841. The van der Waals surface area contributed by atoms with E-state index in [2.05, 4.69) is 16.4 Å². The van der Waals surface area contributed by atoms with Crippen molar-refractivity contribution in [3.63, 3.8) is 0 Å². The van der Waals surface area contributed by atoms with Crippen molar-refractivity contribution >= 4 is 34.1 Å². The predicted octanol–water partition coefficient (Wildman–Crippen LogP) is 4.87. The van der Waals surface area contributed by atoms with Crippen LogP contribution in [-0.4, -0.2) is 30.5 Å². The molecule has 1 aliphatic heterocycles. The molecule has 4 aromatic rings. The molecule has 2 heterocycles. The number of aromatic nitrogens is 1. The first kappa shape index (κ1) is 20.8. The summed E-state index contributed by atoms with van der Waals surface area (Å²) in [6, 6.07) is 21.2. The lowest BCUT2D eigenvalue weighted by molar-refractivity contribution is -0.117. The fourth-order valence-electron chi connectivity index (χ4n) is 4.43. The Morgan fingerprint density at radius 3 is 2.64 bits per heavy atom. The van der Waals surface area contributed by atoms with Crippen LogP contribution in [0.2, 0.25) is 0 Å². The summed E-state index contributed by atoms with van der Waals surface area (Å²) in [5.74, 6) is 0.625. The lowest BCUT2D eigenvalue weighted by atomic mass is 10.1. The maximum Gasteiger partial charge on any atom is 0.272 e. The second-order valence-corrected chi connectivity index (χ2v) is 8.29. The van der Waals surface area contributed by atoms with Gasteiger partial charge in [-0.25, -0.2) is 0 Å². The number of hydrogen-bond acceptors (Lipinski definition) is 3. The van der Waals surface area contributed by atoms with Crippen LogP contribution in [-0.2, 0) is 17.6 Å². The third-order valence-corrected chi connectivity index (χ3v) is 6.25. The lowest BCUT2D eigenvalue weighted by Crippen LogP contribution is -2.30. The number of hydrogen-bond donors (Lipinski definition) is 2. The standard InChI is InChI=1S/C27H25N3O3/c1-17-22-16-21(33-2)11-12-23(22)29-26(17)27(32)28-20-9-7-18(8-10-20)15-25(31)30-14-13-19-5-3-4-6-24(19)30/h3-12,16,29H,13-15H2,1-2H3,(H,28,32). The van der Waals surface area contributed by atoms with Crippen molar-refractivity contribution in [3.8, 4) is 5.75 Å². The van der Waals surface area contributed by atoms with Crippen molar-refractivity contribution in [2.45, 2.75) is 19.8 Å². The van der Waals surface area contributed by atoms with Gasteiger partial charge in [0.1, 0.15) is 11.4 Å². The van der Waals surface area contributed by atoms with Gasteiger partial charge in [0.25, 0.3) is 5.91 Å². The number of aryl methyl sites for hydroxylation is 1. The summed E-state index contributed by atoms with van der Waals surface area (Å²) in [5.41, 5.74) is 6.09. The van der Waals surface area contributed by atoms with Crippen LogP contribution in [0.5, 0.6) is 5.75 Å². The first-order valence-electron chi connectivity index (χ1n) is 11.0. The maximum atomic E-state index is 12.9. The summed E-state index contributed by atoms with van der Waals surface area (Å²) in [4.78, 5) is 30.8. The van der Waals surface area contributed by atoms with Gasteiger partial charge in [-0.2, -0.15) is 0 Å². The minimum Gasteiger partial charge on any atom is -0.497 e. The summed E-state index contributed by atoms with van der Waals surface area (Å²) >= 11 is 0. The van der Waals surface area contributed by atoms with E-state index in [9.17, 15) is 9.59 Å². The lowest BCUT2D eigenvalue weighted by Gasteiger charge is -2.17. The predicted molar refractivity (Wildman–Crippen MR) is 130 cm³/mol. The van der Waals surface area contributed by atoms with E-state index in [1.807, 2.05) is 72.5 Å². The first-order valence-corrected chi connectivity index (χ1v) is 11.0. The molecule has 2 N–H and O–H groups in total. The normalized spacial score (nSPS) is 12.6. The summed E-state index contributed by atoms with van der Waals surface area (Å²) < 4.78 is 5.29. The van der Waals surface area contributed by atoms with E-state index >= 15 is 0 Å². The third kappa shape index (κ3) is 3.96. The maximum absolute atomic E-state index is 12.9. The van der Waals surface area contributed by atoms with Gasteiger partial charge in [0.2, 0.25) is 5.91 Å². The minimum atomic E-state index is -0.208. The number of carbonyl (C=O) groups is 2. The van der Waals surface area contributed by atoms with Gasteiger partial charge in [-0.05, 0) is 66.4 Å². The highest BCUT2D eigenvalue weighted by molar-refractivity contribution is 6.08. The molecule has 0 saturated heterocycles. The molecule has 0 bridgehead atoms. The number of nitrogens with zero attached hydrogens (tertiary/aromatic N) is 1. The summed E-state index contributed by atoms with van der Waals surface area (Å²) in [6.45, 7) is 2.64. The second kappa shape index (κ2) is 8.47. The number of para-hydroxylation sites is 1. The Labute approximate surface area is 192 Å². The van der Waals surface area contributed by atoms with E-state index < -0.39 is 0 Å². The van der Waals surface area contributed by atoms with Crippen LogP contribution in [0, 0.1) is 6.92 Å². The van der Waals surface area contributed by atoms with Gasteiger partial charge in [-0.1, -0.05) is 30.3 Å². The number of carbonyl (C=O) groups excluding carboxylic acids is 2. The van der Waals surface area contributed by atoms with Crippen LogP contribution in [0.1, 0.15) is 27.2 Å². The van der Waals surface area contributed by atoms with E-state index in [4.69, 9.17) is 4.74 Å². The SMILES string of the molecule is COc1ccc2[nH]c(C(=O)Nc3ccc(CC(=O)N4CCc5ccccc54)cc3)c(C)c2c1. The molecule has 1 aliphatic rings. The summed E-state index contributed by atoms with van der Waals surface area (Å²) in [6.07, 6.45) is 1.22. The van der Waals surface area contributed by atoms with E-state index in [0.717, 1.165) is 46.4 Å². The number of H-pyrrole nitrogens is 1. The molecule has 0 aliphatic carbocycles. The number of methoxy groups -OCH3 is 1.